The minimum Gasteiger partial charge on any atom is -0.478 e. The lowest BCUT2D eigenvalue weighted by Crippen LogP contribution is -2.14. The first-order valence-electron chi connectivity index (χ1n) is 6.98. The lowest BCUT2D eigenvalue weighted by atomic mass is 10.0. The van der Waals surface area contributed by atoms with Crippen molar-refractivity contribution in [2.45, 2.75) is 33.7 Å². The molecule has 112 valence electrons. The van der Waals surface area contributed by atoms with Gasteiger partial charge in [-0.25, -0.2) is 9.78 Å². The molecule has 0 aromatic carbocycles. The molecule has 2 aromatic rings. The minimum absolute atomic E-state index is 0.112. The number of hydrogen-bond acceptors (Lipinski definition) is 4. The summed E-state index contributed by atoms with van der Waals surface area (Å²) in [5.41, 5.74) is 1.71. The van der Waals surface area contributed by atoms with Gasteiger partial charge < -0.3 is 10.4 Å². The first kappa shape index (κ1) is 13.9. The number of aromatic nitrogens is 3. The minimum atomic E-state index is -0.980. The van der Waals surface area contributed by atoms with E-state index in [9.17, 15) is 9.90 Å². The quantitative estimate of drug-likeness (QED) is 0.907. The highest BCUT2D eigenvalue weighted by molar-refractivity contribution is 6.03. The van der Waals surface area contributed by atoms with E-state index in [0.717, 1.165) is 5.39 Å². The number of hydrogen-bond donors (Lipinski definition) is 2. The van der Waals surface area contributed by atoms with E-state index in [2.05, 4.69) is 43.1 Å². The number of pyridine rings is 1. The van der Waals surface area contributed by atoms with E-state index in [4.69, 9.17) is 0 Å². The van der Waals surface area contributed by atoms with Gasteiger partial charge in [0, 0.05) is 19.3 Å². The molecule has 0 bridgehead atoms. The topological polar surface area (TPSA) is 80.0 Å². The fourth-order valence-electron chi connectivity index (χ4n) is 3.12. The van der Waals surface area contributed by atoms with Gasteiger partial charge in [0.05, 0.1) is 17.3 Å². The van der Waals surface area contributed by atoms with Gasteiger partial charge in [0.15, 0.2) is 5.65 Å². The molecular weight excluding hydrogens is 268 g/mol. The number of nitrogens with zero attached hydrogens (tertiary/aromatic N) is 3. The Balaban J connectivity index is 2.12. The number of fused-ring (bicyclic) bond motifs is 1. The molecule has 3 rings (SSSR count). The van der Waals surface area contributed by atoms with Crippen molar-refractivity contribution in [3.05, 3.63) is 18.0 Å². The number of rotatable bonds is 3. The molecular formula is C15H20N4O2. The summed E-state index contributed by atoms with van der Waals surface area (Å²) in [4.78, 5) is 15.7. The fourth-order valence-corrected chi connectivity index (χ4v) is 3.12. The van der Waals surface area contributed by atoms with Crippen LogP contribution < -0.4 is 5.32 Å². The molecule has 21 heavy (non-hydrogen) atoms. The van der Waals surface area contributed by atoms with Crippen LogP contribution in [0.2, 0.25) is 0 Å². The number of aryl methyl sites for hydroxylation is 1. The van der Waals surface area contributed by atoms with Gasteiger partial charge in [-0.1, -0.05) is 27.7 Å². The second-order valence-electron chi connectivity index (χ2n) is 6.88. The summed E-state index contributed by atoms with van der Waals surface area (Å²) in [5, 5.41) is 17.8. The highest BCUT2D eigenvalue weighted by Crippen LogP contribution is 2.64. The molecule has 2 aromatic heterocycles. The Hall–Kier alpha value is -2.11. The van der Waals surface area contributed by atoms with Gasteiger partial charge in [0.25, 0.3) is 0 Å². The Morgan fingerprint density at radius 3 is 2.43 bits per heavy atom. The molecule has 2 N–H and O–H groups in total. The van der Waals surface area contributed by atoms with Crippen LogP contribution in [0.3, 0.4) is 0 Å². The Bertz CT molecular complexity index is 731. The number of aromatic carboxylic acids is 1. The summed E-state index contributed by atoms with van der Waals surface area (Å²) in [5.74, 6) is -0.980. The van der Waals surface area contributed by atoms with E-state index in [-0.39, 0.29) is 22.4 Å². The number of carboxylic acid groups (broad SMARTS) is 1. The van der Waals surface area contributed by atoms with E-state index in [1.807, 2.05) is 0 Å². The molecule has 1 fully saturated rings. The largest absolute Gasteiger partial charge is 0.478 e. The lowest BCUT2D eigenvalue weighted by Gasteiger charge is -2.12. The van der Waals surface area contributed by atoms with Gasteiger partial charge in [-0.05, 0) is 10.8 Å². The molecule has 0 amide bonds. The van der Waals surface area contributed by atoms with Crippen molar-refractivity contribution >= 4 is 22.7 Å². The third-order valence-electron chi connectivity index (χ3n) is 5.30. The van der Waals surface area contributed by atoms with Crippen LogP contribution in [0, 0.1) is 10.8 Å². The molecule has 0 unspecified atom stereocenters. The van der Waals surface area contributed by atoms with Gasteiger partial charge >= 0.3 is 5.97 Å². The van der Waals surface area contributed by atoms with Crippen molar-refractivity contribution < 1.29 is 9.90 Å². The molecule has 1 aliphatic rings. The Morgan fingerprint density at radius 1 is 1.29 bits per heavy atom. The van der Waals surface area contributed by atoms with Crippen LogP contribution in [0.25, 0.3) is 11.0 Å². The summed E-state index contributed by atoms with van der Waals surface area (Å²) >= 11 is 0. The summed E-state index contributed by atoms with van der Waals surface area (Å²) in [6.07, 6.45) is 3.07. The molecule has 6 heteroatoms. The number of carbonyl (C=O) groups is 1. The molecule has 6 nitrogen and oxygen atoms in total. The van der Waals surface area contributed by atoms with Crippen molar-refractivity contribution in [3.63, 3.8) is 0 Å². The van der Waals surface area contributed by atoms with Crippen molar-refractivity contribution in [2.24, 2.45) is 17.9 Å². The zero-order valence-electron chi connectivity index (χ0n) is 12.9. The molecule has 0 atom stereocenters. The number of nitrogens with one attached hydrogen (secondary N) is 1. The Morgan fingerprint density at radius 2 is 1.90 bits per heavy atom. The predicted molar refractivity (Wildman–Crippen MR) is 80.4 cm³/mol. The maximum atomic E-state index is 11.5. The molecule has 0 saturated heterocycles. The second kappa shape index (κ2) is 3.96. The third kappa shape index (κ3) is 1.74. The molecule has 1 aliphatic carbocycles. The van der Waals surface area contributed by atoms with Crippen LogP contribution in [0.4, 0.5) is 5.69 Å². The van der Waals surface area contributed by atoms with E-state index in [1.165, 1.54) is 6.20 Å². The fraction of sp³-hybridized carbons (Fsp3) is 0.533. The van der Waals surface area contributed by atoms with Crippen molar-refractivity contribution in [1.82, 2.24) is 14.8 Å². The van der Waals surface area contributed by atoms with E-state index >= 15 is 0 Å². The predicted octanol–water partition coefficient (Wildman–Crippen LogP) is 2.51. The lowest BCUT2D eigenvalue weighted by molar-refractivity contribution is 0.0697. The van der Waals surface area contributed by atoms with E-state index in [1.54, 1.807) is 17.9 Å². The summed E-state index contributed by atoms with van der Waals surface area (Å²) in [6, 6.07) is 0.217. The smallest absolute Gasteiger partial charge is 0.339 e. The van der Waals surface area contributed by atoms with Crippen molar-refractivity contribution in [1.29, 1.82) is 0 Å². The number of anilines is 1. The van der Waals surface area contributed by atoms with Crippen LogP contribution in [-0.2, 0) is 7.05 Å². The van der Waals surface area contributed by atoms with Gasteiger partial charge in [0.2, 0.25) is 0 Å². The van der Waals surface area contributed by atoms with Crippen molar-refractivity contribution in [3.8, 4) is 0 Å². The molecule has 0 aliphatic heterocycles. The van der Waals surface area contributed by atoms with Crippen LogP contribution in [0.1, 0.15) is 38.1 Å². The van der Waals surface area contributed by atoms with Gasteiger partial charge in [-0.15, -0.1) is 0 Å². The molecule has 0 spiro atoms. The van der Waals surface area contributed by atoms with Gasteiger partial charge in [-0.2, -0.15) is 5.10 Å². The van der Waals surface area contributed by atoms with Gasteiger partial charge in [0.1, 0.15) is 5.56 Å². The third-order valence-corrected chi connectivity index (χ3v) is 5.30. The SMILES string of the molecule is Cn1ncc2c(NC3C(C)(C)C3(C)C)c(C(=O)O)cnc21. The molecule has 1 saturated carbocycles. The highest BCUT2D eigenvalue weighted by Gasteiger charge is 2.65. The standard InChI is InChI=1S/C15H20N4O2/c1-14(2)13(15(14,3)4)18-10-8-7-17-19(5)11(8)16-6-9(10)12(20)21/h6-7,13H,1-5H3,(H,16,18)(H,20,21). The van der Waals surface area contributed by atoms with Crippen LogP contribution in [0.15, 0.2) is 12.4 Å². The molecule has 2 heterocycles. The monoisotopic (exact) mass is 288 g/mol. The average Bonchev–Trinajstić information content (AvgIpc) is 2.71. The Kier molecular flexibility index (Phi) is 2.61. The summed E-state index contributed by atoms with van der Waals surface area (Å²) in [7, 11) is 1.80. The maximum Gasteiger partial charge on any atom is 0.339 e. The van der Waals surface area contributed by atoms with Crippen LogP contribution >= 0.6 is 0 Å². The normalized spacial score (nSPS) is 19.7. The number of carboxylic acids is 1. The highest BCUT2D eigenvalue weighted by atomic mass is 16.4. The Labute approximate surface area is 123 Å². The van der Waals surface area contributed by atoms with Crippen LogP contribution in [-0.4, -0.2) is 31.9 Å². The second-order valence-corrected chi connectivity index (χ2v) is 6.88. The first-order chi connectivity index (χ1) is 9.68. The van der Waals surface area contributed by atoms with Crippen molar-refractivity contribution in [2.75, 3.05) is 5.32 Å². The summed E-state index contributed by atoms with van der Waals surface area (Å²) in [6.45, 7) is 8.75. The van der Waals surface area contributed by atoms with Gasteiger partial charge in [-0.3, -0.25) is 4.68 Å². The average molecular weight is 288 g/mol. The zero-order valence-corrected chi connectivity index (χ0v) is 12.9. The van der Waals surface area contributed by atoms with E-state index < -0.39 is 5.97 Å². The van der Waals surface area contributed by atoms with E-state index in [0.29, 0.717) is 11.3 Å². The molecule has 0 radical (unpaired) electrons. The van der Waals surface area contributed by atoms with Crippen LogP contribution in [0.5, 0.6) is 0 Å². The zero-order chi connectivity index (χ0) is 15.6. The first-order valence-corrected chi connectivity index (χ1v) is 6.98. The maximum absolute atomic E-state index is 11.5. The summed E-state index contributed by atoms with van der Waals surface area (Å²) < 4.78 is 1.65.